The number of hydrogen-bond donors (Lipinski definition) is 2. The first-order chi connectivity index (χ1) is 4.52. The highest BCUT2D eigenvalue weighted by Gasteiger charge is 2.02. The van der Waals surface area contributed by atoms with E-state index in [1.165, 1.54) is 0 Å². The van der Waals surface area contributed by atoms with E-state index in [2.05, 4.69) is 0 Å². The van der Waals surface area contributed by atoms with Crippen molar-refractivity contribution in [2.75, 3.05) is 0 Å². The number of rotatable bonds is 3. The van der Waals surface area contributed by atoms with Gasteiger partial charge in [-0.25, -0.2) is 9.35 Å². The first-order valence-electron chi connectivity index (χ1n) is 3.41. The van der Waals surface area contributed by atoms with Crippen LogP contribution in [-0.2, 0) is 9.99 Å². The third-order valence-corrected chi connectivity index (χ3v) is 2.66. The van der Waals surface area contributed by atoms with Gasteiger partial charge in [-0.3, -0.25) is 0 Å². The van der Waals surface area contributed by atoms with Crippen molar-refractivity contribution in [3.05, 3.63) is 0 Å². The number of nitrogens with two attached hydrogens (primary N) is 1. The second-order valence-electron chi connectivity index (χ2n) is 2.21. The second-order valence-corrected chi connectivity index (χ2v) is 3.93. The molecule has 0 aliphatic heterocycles. The minimum absolute atomic E-state index is 0.565. The maximum atomic E-state index is 10.8. The maximum absolute atomic E-state index is 10.8. The zero-order chi connectivity index (χ0) is 8.20. The van der Waals surface area contributed by atoms with Gasteiger partial charge in [-0.2, -0.15) is 0 Å². The van der Waals surface area contributed by atoms with Gasteiger partial charge in [-0.1, -0.05) is 20.3 Å². The van der Waals surface area contributed by atoms with Crippen LogP contribution in [0.2, 0.25) is 0 Å². The van der Waals surface area contributed by atoms with Gasteiger partial charge in [0, 0.05) is 4.86 Å². The van der Waals surface area contributed by atoms with Gasteiger partial charge in [0.1, 0.15) is 9.99 Å². The Hall–Kier alpha value is -0.0600. The first-order valence-corrected chi connectivity index (χ1v) is 4.99. The summed E-state index contributed by atoms with van der Waals surface area (Å²) in [6, 6.07) is 0. The summed E-state index contributed by atoms with van der Waals surface area (Å²) in [6.07, 6.45) is 2.12. The zero-order valence-electron chi connectivity index (χ0n) is 6.46. The molecule has 0 heterocycles. The van der Waals surface area contributed by atoms with Gasteiger partial charge in [0.15, 0.2) is 0 Å². The van der Waals surface area contributed by atoms with E-state index in [4.69, 9.17) is 9.69 Å². The molecule has 0 rings (SSSR count). The standard InChI is InChI=1S/C6H15NO2S/c1-3-5-6(4-2)10(7,8)9/h3-5H2,1-2H3,(H3,7,8,9). The molecular weight excluding hydrogens is 150 g/mol. The van der Waals surface area contributed by atoms with Gasteiger partial charge in [-0.15, -0.1) is 0 Å². The molecule has 0 aliphatic rings. The fraction of sp³-hybridized carbons (Fsp3) is 0.833. The molecule has 1 unspecified atom stereocenters. The molecule has 3 nitrogen and oxygen atoms in total. The lowest BCUT2D eigenvalue weighted by molar-refractivity contribution is 0.560. The van der Waals surface area contributed by atoms with E-state index in [0.717, 1.165) is 6.42 Å². The van der Waals surface area contributed by atoms with Crippen LogP contribution in [-0.4, -0.2) is 13.6 Å². The van der Waals surface area contributed by atoms with Crippen LogP contribution in [0, 0.1) is 0 Å². The molecule has 0 aromatic rings. The summed E-state index contributed by atoms with van der Waals surface area (Å²) in [5.74, 6) is 0. The Bertz CT molecular complexity index is 196. The first kappa shape index (κ1) is 9.94. The molecule has 4 heteroatoms. The summed E-state index contributed by atoms with van der Waals surface area (Å²) < 4.78 is 19.7. The largest absolute Gasteiger partial charge is 0.302 e. The van der Waals surface area contributed by atoms with Crippen molar-refractivity contribution in [2.24, 2.45) is 5.14 Å². The van der Waals surface area contributed by atoms with E-state index in [9.17, 15) is 4.21 Å². The highest BCUT2D eigenvalue weighted by Crippen LogP contribution is 1.98. The molecule has 62 valence electrons. The summed E-state index contributed by atoms with van der Waals surface area (Å²) in [6.45, 7) is 3.80. The quantitative estimate of drug-likeness (QED) is 0.613. The third-order valence-electron chi connectivity index (χ3n) is 1.34. The minimum atomic E-state index is -3.11. The van der Waals surface area contributed by atoms with E-state index in [1.54, 1.807) is 0 Å². The molecule has 0 aliphatic carbocycles. The lowest BCUT2D eigenvalue weighted by Gasteiger charge is -2.04. The summed E-state index contributed by atoms with van der Waals surface area (Å²) in [4.78, 5) is 0.565. The van der Waals surface area contributed by atoms with Gasteiger partial charge < -0.3 is 4.55 Å². The Labute approximate surface area is 62.6 Å². The molecule has 3 N–H and O–H groups in total. The minimum Gasteiger partial charge on any atom is -0.302 e. The Morgan fingerprint density at radius 1 is 1.60 bits per heavy atom. The molecule has 1 atom stereocenters. The van der Waals surface area contributed by atoms with Gasteiger partial charge in [-0.05, 0) is 12.8 Å². The van der Waals surface area contributed by atoms with E-state index in [0.29, 0.717) is 17.7 Å². The fourth-order valence-corrected chi connectivity index (χ4v) is 1.72. The molecule has 0 spiro atoms. The van der Waals surface area contributed by atoms with Crippen molar-refractivity contribution in [2.45, 2.75) is 33.1 Å². The summed E-state index contributed by atoms with van der Waals surface area (Å²) in [7, 11) is -3.11. The Morgan fingerprint density at radius 3 is 2.20 bits per heavy atom. The van der Waals surface area contributed by atoms with Crippen LogP contribution in [0.15, 0.2) is 0 Å². The Kier molecular flexibility index (Phi) is 3.93. The van der Waals surface area contributed by atoms with Crippen LogP contribution in [0.4, 0.5) is 0 Å². The SMILES string of the molecule is CCCC(CC)=S(N)(=O)O. The van der Waals surface area contributed by atoms with Crippen molar-refractivity contribution in [1.82, 2.24) is 0 Å². The highest BCUT2D eigenvalue weighted by molar-refractivity contribution is 7.95. The summed E-state index contributed by atoms with van der Waals surface area (Å²) >= 11 is 0. The lowest BCUT2D eigenvalue weighted by atomic mass is 10.2. The predicted molar refractivity (Wildman–Crippen MR) is 45.2 cm³/mol. The zero-order valence-corrected chi connectivity index (χ0v) is 7.28. The molecule has 0 amide bonds. The van der Waals surface area contributed by atoms with Crippen molar-refractivity contribution in [3.63, 3.8) is 0 Å². The van der Waals surface area contributed by atoms with Gasteiger partial charge in [0.25, 0.3) is 0 Å². The third kappa shape index (κ3) is 3.20. The van der Waals surface area contributed by atoms with Crippen molar-refractivity contribution in [1.29, 1.82) is 0 Å². The summed E-state index contributed by atoms with van der Waals surface area (Å²) in [5.41, 5.74) is 0. The van der Waals surface area contributed by atoms with E-state index in [1.807, 2.05) is 13.8 Å². The molecule has 0 radical (unpaired) electrons. The Balaban J connectivity index is 4.49. The molecule has 0 saturated heterocycles. The van der Waals surface area contributed by atoms with Crippen molar-refractivity contribution >= 4 is 14.9 Å². The van der Waals surface area contributed by atoms with Gasteiger partial charge in [0.2, 0.25) is 0 Å². The van der Waals surface area contributed by atoms with Crippen LogP contribution in [0.5, 0.6) is 0 Å². The molecule has 0 bridgehead atoms. The predicted octanol–water partition coefficient (Wildman–Crippen LogP) is 1.00. The highest BCUT2D eigenvalue weighted by atomic mass is 32.2. The van der Waals surface area contributed by atoms with Gasteiger partial charge in [0.05, 0.1) is 0 Å². The average molecular weight is 165 g/mol. The molecule has 0 aromatic heterocycles. The topological polar surface area (TPSA) is 63.3 Å². The van der Waals surface area contributed by atoms with Crippen LogP contribution in [0.25, 0.3) is 0 Å². The average Bonchev–Trinajstić information content (AvgIpc) is 1.80. The van der Waals surface area contributed by atoms with Crippen LogP contribution in [0.3, 0.4) is 0 Å². The van der Waals surface area contributed by atoms with Crippen LogP contribution in [0.1, 0.15) is 33.1 Å². The van der Waals surface area contributed by atoms with E-state index in [-0.39, 0.29) is 0 Å². The molecular formula is C6H15NO2S. The maximum Gasteiger partial charge on any atom is 0.141 e. The fourth-order valence-electron chi connectivity index (χ4n) is 0.809. The molecule has 0 aromatic carbocycles. The monoisotopic (exact) mass is 165 g/mol. The smallest absolute Gasteiger partial charge is 0.141 e. The summed E-state index contributed by atoms with van der Waals surface area (Å²) in [5, 5.41) is 5.02. The van der Waals surface area contributed by atoms with Crippen molar-refractivity contribution < 1.29 is 8.76 Å². The number of hydrogen-bond acceptors (Lipinski definition) is 1. The molecule has 0 saturated carbocycles. The van der Waals surface area contributed by atoms with Crippen molar-refractivity contribution in [3.8, 4) is 0 Å². The Morgan fingerprint density at radius 2 is 2.10 bits per heavy atom. The molecule has 10 heavy (non-hydrogen) atoms. The van der Waals surface area contributed by atoms with Crippen LogP contribution < -0.4 is 5.14 Å². The normalized spacial score (nSPS) is 16.4. The molecule has 0 fully saturated rings. The van der Waals surface area contributed by atoms with E-state index < -0.39 is 9.99 Å². The second kappa shape index (κ2) is 3.95. The van der Waals surface area contributed by atoms with Crippen LogP contribution >= 0.6 is 0 Å². The van der Waals surface area contributed by atoms with E-state index >= 15 is 0 Å². The van der Waals surface area contributed by atoms with Gasteiger partial charge >= 0.3 is 0 Å². The lowest BCUT2D eigenvalue weighted by Crippen LogP contribution is -2.21.